The molecular weight excluding hydrogens is 421 g/mol. The number of nitrogens with zero attached hydrogens (tertiary/aromatic N) is 4. The van der Waals surface area contributed by atoms with E-state index in [4.69, 9.17) is 4.74 Å². The van der Waals surface area contributed by atoms with Gasteiger partial charge in [-0.15, -0.1) is 0 Å². The highest BCUT2D eigenvalue weighted by atomic mass is 127. The predicted molar refractivity (Wildman–Crippen MR) is 98.8 cm³/mol. The molecule has 0 atom stereocenters. The molecule has 0 bridgehead atoms. The molecule has 1 amide bonds. The van der Waals surface area contributed by atoms with Crippen molar-refractivity contribution in [2.75, 3.05) is 20.7 Å². The second kappa shape index (κ2) is 6.71. The quantitative estimate of drug-likeness (QED) is 0.634. The molecule has 0 unspecified atom stereocenters. The van der Waals surface area contributed by atoms with Crippen LogP contribution in [0.3, 0.4) is 0 Å². The summed E-state index contributed by atoms with van der Waals surface area (Å²) in [5, 5.41) is 8.18. The van der Waals surface area contributed by atoms with E-state index in [0.717, 1.165) is 25.7 Å². The van der Waals surface area contributed by atoms with Crippen molar-refractivity contribution in [3.05, 3.63) is 34.1 Å². The number of ether oxygens (including phenoxy) is 1. The fraction of sp³-hybridized carbons (Fsp3) is 0.250. The first-order valence-electron chi connectivity index (χ1n) is 7.25. The number of likely N-dealkylation sites (N-methyl/N-ethyl adjacent to an activating group) is 1. The van der Waals surface area contributed by atoms with Crippen LogP contribution in [-0.2, 0) is 4.79 Å². The van der Waals surface area contributed by atoms with Crippen molar-refractivity contribution < 1.29 is 9.53 Å². The van der Waals surface area contributed by atoms with E-state index < -0.39 is 0 Å². The number of carbonyl (C=O) groups excluding carboxylic acids is 1. The summed E-state index contributed by atoms with van der Waals surface area (Å²) in [6, 6.07) is 3.80. The zero-order valence-electron chi connectivity index (χ0n) is 13.5. The molecule has 7 nitrogen and oxygen atoms in total. The van der Waals surface area contributed by atoms with E-state index in [1.54, 1.807) is 26.5 Å². The highest BCUT2D eigenvalue weighted by molar-refractivity contribution is 14.1. The van der Waals surface area contributed by atoms with E-state index in [2.05, 4.69) is 42.8 Å². The third kappa shape index (κ3) is 3.32. The first kappa shape index (κ1) is 16.6. The summed E-state index contributed by atoms with van der Waals surface area (Å²) in [5.74, 6) is 1.16. The minimum absolute atomic E-state index is 0.0419. The summed E-state index contributed by atoms with van der Waals surface area (Å²) in [6.45, 7) is 1.79. The minimum Gasteiger partial charge on any atom is -0.483 e. The second-order valence-electron chi connectivity index (χ2n) is 5.50. The molecule has 0 aliphatic rings. The van der Waals surface area contributed by atoms with Crippen molar-refractivity contribution in [2.45, 2.75) is 6.92 Å². The zero-order chi connectivity index (χ0) is 17.3. The number of hydrogen-bond donors (Lipinski definition) is 1. The predicted octanol–water partition coefficient (Wildman–Crippen LogP) is 2.40. The fourth-order valence-corrected chi connectivity index (χ4v) is 2.70. The van der Waals surface area contributed by atoms with Gasteiger partial charge >= 0.3 is 0 Å². The number of carbonyl (C=O) groups is 1. The van der Waals surface area contributed by atoms with Crippen molar-refractivity contribution >= 4 is 39.4 Å². The van der Waals surface area contributed by atoms with Gasteiger partial charge in [-0.2, -0.15) is 5.10 Å². The number of amides is 1. The van der Waals surface area contributed by atoms with Crippen LogP contribution in [0.15, 0.2) is 24.5 Å². The summed E-state index contributed by atoms with van der Waals surface area (Å²) < 4.78 is 6.70. The highest BCUT2D eigenvalue weighted by Crippen LogP contribution is 2.34. The second-order valence-corrected chi connectivity index (χ2v) is 6.58. The van der Waals surface area contributed by atoms with Gasteiger partial charge in [0.25, 0.3) is 5.91 Å². The van der Waals surface area contributed by atoms with Gasteiger partial charge in [-0.05, 0) is 35.6 Å². The van der Waals surface area contributed by atoms with Gasteiger partial charge in [-0.3, -0.25) is 9.89 Å². The highest BCUT2D eigenvalue weighted by Gasteiger charge is 2.15. The van der Waals surface area contributed by atoms with Crippen molar-refractivity contribution in [1.29, 1.82) is 0 Å². The Morgan fingerprint density at radius 3 is 2.67 bits per heavy atom. The number of rotatable bonds is 4. The third-order valence-electron chi connectivity index (χ3n) is 3.55. The molecule has 2 heterocycles. The molecule has 2 aromatic heterocycles. The smallest absolute Gasteiger partial charge is 0.259 e. The average molecular weight is 437 g/mol. The summed E-state index contributed by atoms with van der Waals surface area (Å²) in [5.41, 5.74) is 2.43. The van der Waals surface area contributed by atoms with Gasteiger partial charge in [0.05, 0.1) is 5.52 Å². The van der Waals surface area contributed by atoms with E-state index in [0.29, 0.717) is 11.6 Å². The fourth-order valence-electron chi connectivity index (χ4n) is 2.15. The number of hydrogen-bond acceptors (Lipinski definition) is 5. The van der Waals surface area contributed by atoms with Gasteiger partial charge in [-0.25, -0.2) is 9.97 Å². The number of aromatic amines is 1. The molecule has 0 aliphatic carbocycles. The Morgan fingerprint density at radius 1 is 1.29 bits per heavy atom. The Bertz CT molecular complexity index is 889. The van der Waals surface area contributed by atoms with Crippen LogP contribution in [0.25, 0.3) is 22.0 Å². The van der Waals surface area contributed by atoms with Crippen LogP contribution < -0.4 is 4.74 Å². The average Bonchev–Trinajstić information content (AvgIpc) is 2.93. The lowest BCUT2D eigenvalue weighted by Gasteiger charge is -2.14. The van der Waals surface area contributed by atoms with E-state index in [9.17, 15) is 4.79 Å². The van der Waals surface area contributed by atoms with Crippen LogP contribution >= 0.6 is 22.6 Å². The number of nitrogens with one attached hydrogen (secondary N) is 1. The number of H-pyrrole nitrogens is 1. The summed E-state index contributed by atoms with van der Waals surface area (Å²) in [6.07, 6.45) is 3.49. The largest absolute Gasteiger partial charge is 0.483 e. The molecule has 124 valence electrons. The Hall–Kier alpha value is -2.23. The van der Waals surface area contributed by atoms with E-state index in [1.807, 2.05) is 19.1 Å². The monoisotopic (exact) mass is 437 g/mol. The normalized spacial score (nSPS) is 10.8. The third-order valence-corrected chi connectivity index (χ3v) is 4.37. The maximum Gasteiger partial charge on any atom is 0.259 e. The molecule has 3 rings (SSSR count). The molecule has 0 saturated carbocycles. The van der Waals surface area contributed by atoms with Crippen LogP contribution in [0.4, 0.5) is 0 Å². The first-order chi connectivity index (χ1) is 11.5. The van der Waals surface area contributed by atoms with Gasteiger partial charge in [0.2, 0.25) is 0 Å². The van der Waals surface area contributed by atoms with E-state index >= 15 is 0 Å². The van der Waals surface area contributed by atoms with Crippen molar-refractivity contribution in [2.24, 2.45) is 0 Å². The lowest BCUT2D eigenvalue weighted by Crippen LogP contribution is -2.27. The number of aromatic nitrogens is 4. The number of halogens is 1. The first-order valence-corrected chi connectivity index (χ1v) is 8.33. The SMILES string of the molecule is Cc1ncc(-c2cc3c(I)[nH]nc3cc2OCC(=O)N(C)C)cn1. The number of fused-ring (bicyclic) bond motifs is 1. The molecule has 8 heteroatoms. The molecule has 0 aliphatic heterocycles. The minimum atomic E-state index is -0.113. The number of aryl methyl sites for hydroxylation is 1. The van der Waals surface area contributed by atoms with Crippen LogP contribution in [0, 0.1) is 10.6 Å². The van der Waals surface area contributed by atoms with Gasteiger partial charge < -0.3 is 9.64 Å². The standard InChI is InChI=1S/C16H16IN5O2/c1-9-18-6-10(7-19-9)11-4-12-13(20-21-16(12)17)5-14(11)24-8-15(23)22(2)3/h4-7H,8H2,1-3H3,(H,20,21). The lowest BCUT2D eigenvalue weighted by molar-refractivity contribution is -0.130. The number of benzene rings is 1. The summed E-state index contributed by atoms with van der Waals surface area (Å²) in [7, 11) is 3.39. The summed E-state index contributed by atoms with van der Waals surface area (Å²) >= 11 is 2.20. The van der Waals surface area contributed by atoms with Crippen LogP contribution in [0.1, 0.15) is 5.82 Å². The molecular formula is C16H16IN5O2. The molecule has 0 spiro atoms. The Kier molecular flexibility index (Phi) is 4.65. The Morgan fingerprint density at radius 2 is 2.00 bits per heavy atom. The van der Waals surface area contributed by atoms with Gasteiger partial charge in [-0.1, -0.05) is 0 Å². The summed E-state index contributed by atoms with van der Waals surface area (Å²) in [4.78, 5) is 21.8. The van der Waals surface area contributed by atoms with E-state index in [-0.39, 0.29) is 12.5 Å². The lowest BCUT2D eigenvalue weighted by atomic mass is 10.1. The van der Waals surface area contributed by atoms with Crippen LogP contribution in [-0.4, -0.2) is 51.7 Å². The molecule has 1 aromatic carbocycles. The van der Waals surface area contributed by atoms with E-state index in [1.165, 1.54) is 4.90 Å². The zero-order valence-corrected chi connectivity index (χ0v) is 15.7. The van der Waals surface area contributed by atoms with Crippen molar-refractivity contribution in [3.63, 3.8) is 0 Å². The molecule has 0 saturated heterocycles. The Balaban J connectivity index is 2.06. The molecule has 1 N–H and O–H groups in total. The van der Waals surface area contributed by atoms with Gasteiger partial charge in [0.1, 0.15) is 15.3 Å². The van der Waals surface area contributed by atoms with Crippen LogP contribution in [0.2, 0.25) is 0 Å². The maximum atomic E-state index is 11.8. The maximum absolute atomic E-state index is 11.8. The molecule has 24 heavy (non-hydrogen) atoms. The molecule has 3 aromatic rings. The van der Waals surface area contributed by atoms with Gasteiger partial charge in [0, 0.05) is 49.1 Å². The Labute approximate surface area is 152 Å². The van der Waals surface area contributed by atoms with Crippen molar-refractivity contribution in [1.82, 2.24) is 25.1 Å². The van der Waals surface area contributed by atoms with Crippen LogP contribution in [0.5, 0.6) is 5.75 Å². The van der Waals surface area contributed by atoms with Gasteiger partial charge in [0.15, 0.2) is 6.61 Å². The molecule has 0 radical (unpaired) electrons. The topological polar surface area (TPSA) is 84.0 Å². The van der Waals surface area contributed by atoms with Crippen molar-refractivity contribution in [3.8, 4) is 16.9 Å². The molecule has 0 fully saturated rings.